The summed E-state index contributed by atoms with van der Waals surface area (Å²) >= 11 is 0. The minimum Gasteiger partial charge on any atom is -0.399 e. The zero-order chi connectivity index (χ0) is 20.1. The summed E-state index contributed by atoms with van der Waals surface area (Å²) in [6.45, 7) is 9.57. The van der Waals surface area contributed by atoms with Crippen LogP contribution in [0.3, 0.4) is 0 Å². The van der Waals surface area contributed by atoms with E-state index in [0.717, 1.165) is 42.3 Å². The molecule has 1 heterocycles. The van der Waals surface area contributed by atoms with E-state index in [9.17, 15) is 4.79 Å². The van der Waals surface area contributed by atoms with Gasteiger partial charge in [-0.25, -0.2) is 0 Å². The molecule has 0 unspecified atom stereocenters. The smallest absolute Gasteiger partial charge is 0.258 e. The molecule has 5 nitrogen and oxygen atoms in total. The minimum atomic E-state index is -0.100. The highest BCUT2D eigenvalue weighted by Crippen LogP contribution is 2.35. The largest absolute Gasteiger partial charge is 0.399 e. The lowest BCUT2D eigenvalue weighted by molar-refractivity contribution is -0.110. The molecule has 0 saturated carbocycles. The van der Waals surface area contributed by atoms with Gasteiger partial charge in [0, 0.05) is 34.9 Å². The molecule has 0 aliphatic carbocycles. The Hall–Kier alpha value is -2.79. The highest BCUT2D eigenvalue weighted by atomic mass is 16.2. The molecule has 28 heavy (non-hydrogen) atoms. The van der Waals surface area contributed by atoms with Crippen LogP contribution in [0, 0.1) is 0 Å². The lowest BCUT2D eigenvalue weighted by Crippen LogP contribution is -2.24. The van der Waals surface area contributed by atoms with Crippen molar-refractivity contribution in [2.24, 2.45) is 0 Å². The maximum absolute atomic E-state index is 12.4. The number of hydrogen-bond acceptors (Lipinski definition) is 4. The molecule has 1 aliphatic heterocycles. The number of rotatable bonds is 8. The molecular weight excluding hydrogens is 348 g/mol. The van der Waals surface area contributed by atoms with E-state index in [1.165, 1.54) is 18.4 Å². The van der Waals surface area contributed by atoms with E-state index in [1.54, 1.807) is 6.07 Å². The fourth-order valence-corrected chi connectivity index (χ4v) is 3.69. The molecule has 0 radical (unpaired) electrons. The molecular formula is C23H30N4O. The molecule has 148 valence electrons. The van der Waals surface area contributed by atoms with Crippen LogP contribution in [0.2, 0.25) is 0 Å². The van der Waals surface area contributed by atoms with Crippen molar-refractivity contribution in [3.05, 3.63) is 59.3 Å². The van der Waals surface area contributed by atoms with Gasteiger partial charge in [0.25, 0.3) is 5.91 Å². The van der Waals surface area contributed by atoms with Crippen LogP contribution >= 0.6 is 0 Å². The molecule has 0 bridgehead atoms. The van der Waals surface area contributed by atoms with E-state index >= 15 is 0 Å². The number of nitrogens with one attached hydrogen (secondary N) is 2. The van der Waals surface area contributed by atoms with Crippen molar-refractivity contribution in [1.82, 2.24) is 4.90 Å². The van der Waals surface area contributed by atoms with Gasteiger partial charge < -0.3 is 16.4 Å². The number of nitrogens with two attached hydrogens (primary N) is 1. The summed E-state index contributed by atoms with van der Waals surface area (Å²) in [7, 11) is 0. The predicted molar refractivity (Wildman–Crippen MR) is 118 cm³/mol. The monoisotopic (exact) mass is 378 g/mol. The van der Waals surface area contributed by atoms with Gasteiger partial charge in [-0.1, -0.05) is 26.0 Å². The average Bonchev–Trinajstić information content (AvgIpc) is 2.99. The van der Waals surface area contributed by atoms with Gasteiger partial charge in [0.15, 0.2) is 0 Å². The Morgan fingerprint density at radius 3 is 2.39 bits per heavy atom. The Morgan fingerprint density at radius 2 is 1.75 bits per heavy atom. The Bertz CT molecular complexity index is 865. The summed E-state index contributed by atoms with van der Waals surface area (Å²) in [5.74, 6) is -0.100. The fraction of sp³-hybridized carbons (Fsp3) is 0.348. The van der Waals surface area contributed by atoms with Crippen molar-refractivity contribution in [3.63, 3.8) is 0 Å². The summed E-state index contributed by atoms with van der Waals surface area (Å²) < 4.78 is 0. The van der Waals surface area contributed by atoms with E-state index in [0.29, 0.717) is 11.3 Å². The number of carbonyl (C=O) groups excluding carboxylic acids is 1. The number of benzene rings is 2. The van der Waals surface area contributed by atoms with Crippen molar-refractivity contribution in [2.45, 2.75) is 40.2 Å². The quantitative estimate of drug-likeness (QED) is 0.460. The van der Waals surface area contributed by atoms with E-state index in [-0.39, 0.29) is 5.91 Å². The highest BCUT2D eigenvalue weighted by Gasteiger charge is 2.26. The average molecular weight is 379 g/mol. The van der Waals surface area contributed by atoms with Crippen LogP contribution in [0.4, 0.5) is 17.1 Å². The Balaban J connectivity index is 1.75. The lowest BCUT2D eigenvalue weighted by Gasteiger charge is -2.21. The first-order chi connectivity index (χ1) is 13.5. The zero-order valence-electron chi connectivity index (χ0n) is 17.0. The normalized spacial score (nSPS) is 14.8. The maximum Gasteiger partial charge on any atom is 0.258 e. The second-order valence-electron chi connectivity index (χ2n) is 7.36. The van der Waals surface area contributed by atoms with Crippen LogP contribution in [0.1, 0.15) is 44.7 Å². The molecule has 2 aromatic rings. The Kier molecular flexibility index (Phi) is 6.37. The first-order valence-electron chi connectivity index (χ1n) is 10.0. The maximum atomic E-state index is 12.4. The third-order valence-electron chi connectivity index (χ3n) is 4.93. The first-order valence-corrected chi connectivity index (χ1v) is 10.0. The van der Waals surface area contributed by atoms with Crippen molar-refractivity contribution in [3.8, 4) is 0 Å². The van der Waals surface area contributed by atoms with Crippen molar-refractivity contribution < 1.29 is 4.79 Å². The van der Waals surface area contributed by atoms with Crippen molar-refractivity contribution in [1.29, 1.82) is 0 Å². The van der Waals surface area contributed by atoms with Crippen LogP contribution < -0.4 is 16.4 Å². The number of carbonyl (C=O) groups is 1. The first kappa shape index (κ1) is 20.0. The Labute approximate surface area is 167 Å². The summed E-state index contributed by atoms with van der Waals surface area (Å²) in [6.07, 6.45) is 2.33. The number of nitrogen functional groups attached to an aromatic ring is 1. The van der Waals surface area contributed by atoms with Gasteiger partial charge in [0.2, 0.25) is 0 Å². The minimum absolute atomic E-state index is 0.100. The van der Waals surface area contributed by atoms with Gasteiger partial charge in [0.05, 0.1) is 5.57 Å². The second kappa shape index (κ2) is 8.93. The van der Waals surface area contributed by atoms with E-state index in [1.807, 2.05) is 19.1 Å². The van der Waals surface area contributed by atoms with Crippen LogP contribution in [-0.2, 0) is 11.3 Å². The molecule has 0 fully saturated rings. The SMILES string of the molecule is CCCN(CCC)Cc1ccc(N/C(C)=C2\C(=O)Nc3ccc(N)cc32)cc1. The molecule has 0 spiro atoms. The fourth-order valence-electron chi connectivity index (χ4n) is 3.69. The van der Waals surface area contributed by atoms with E-state index in [2.05, 4.69) is 53.6 Å². The summed E-state index contributed by atoms with van der Waals surface area (Å²) in [6, 6.07) is 13.9. The van der Waals surface area contributed by atoms with Crippen LogP contribution in [0.25, 0.3) is 5.57 Å². The standard InChI is InChI=1S/C23H30N4O/c1-4-12-27(13-5-2)15-17-6-9-19(10-7-17)25-16(3)22-20-14-18(24)8-11-21(20)26-23(22)28/h6-11,14,25H,4-5,12-13,15,24H2,1-3H3,(H,26,28)/b22-16-. The molecule has 1 aliphatic rings. The van der Waals surface area contributed by atoms with E-state index in [4.69, 9.17) is 5.73 Å². The number of amides is 1. The number of anilines is 3. The molecule has 3 rings (SSSR count). The highest BCUT2D eigenvalue weighted by molar-refractivity contribution is 6.32. The van der Waals surface area contributed by atoms with Crippen LogP contribution in [-0.4, -0.2) is 23.9 Å². The zero-order valence-corrected chi connectivity index (χ0v) is 17.0. The van der Waals surface area contributed by atoms with Gasteiger partial charge in [-0.05, 0) is 68.8 Å². The molecule has 5 heteroatoms. The van der Waals surface area contributed by atoms with Gasteiger partial charge in [-0.3, -0.25) is 9.69 Å². The van der Waals surface area contributed by atoms with E-state index < -0.39 is 0 Å². The van der Waals surface area contributed by atoms with Crippen LogP contribution in [0.5, 0.6) is 0 Å². The summed E-state index contributed by atoms with van der Waals surface area (Å²) in [5.41, 5.74) is 11.9. The summed E-state index contributed by atoms with van der Waals surface area (Å²) in [5, 5.41) is 6.27. The number of allylic oxidation sites excluding steroid dienone is 1. The van der Waals surface area contributed by atoms with Gasteiger partial charge >= 0.3 is 0 Å². The molecule has 0 atom stereocenters. The number of nitrogens with zero attached hydrogens (tertiary/aromatic N) is 1. The topological polar surface area (TPSA) is 70.4 Å². The van der Waals surface area contributed by atoms with Crippen molar-refractivity contribution >= 4 is 28.5 Å². The van der Waals surface area contributed by atoms with Gasteiger partial charge in [-0.15, -0.1) is 0 Å². The molecule has 0 aromatic heterocycles. The number of hydrogen-bond donors (Lipinski definition) is 3. The van der Waals surface area contributed by atoms with Gasteiger partial charge in [-0.2, -0.15) is 0 Å². The van der Waals surface area contributed by atoms with Gasteiger partial charge in [0.1, 0.15) is 0 Å². The van der Waals surface area contributed by atoms with Crippen molar-refractivity contribution in [2.75, 3.05) is 29.5 Å². The molecule has 0 saturated heterocycles. The molecule has 4 N–H and O–H groups in total. The van der Waals surface area contributed by atoms with Crippen LogP contribution in [0.15, 0.2) is 48.2 Å². The summed E-state index contributed by atoms with van der Waals surface area (Å²) in [4.78, 5) is 14.9. The second-order valence-corrected chi connectivity index (χ2v) is 7.36. The predicted octanol–water partition coefficient (Wildman–Crippen LogP) is 4.69. The third kappa shape index (κ3) is 4.54. The third-order valence-corrected chi connectivity index (χ3v) is 4.93. The Morgan fingerprint density at radius 1 is 1.07 bits per heavy atom. The lowest BCUT2D eigenvalue weighted by atomic mass is 10.0. The molecule has 1 amide bonds. The molecule has 2 aromatic carbocycles. The number of fused-ring (bicyclic) bond motifs is 1.